The molecule has 3 aromatic heterocycles. The van der Waals surface area contributed by atoms with Crippen LogP contribution in [0.5, 0.6) is 0 Å². The first kappa shape index (κ1) is 14.2. The second-order valence-corrected chi connectivity index (χ2v) is 7.36. The molecule has 0 radical (unpaired) electrons. The Balaban J connectivity index is 1.72. The Morgan fingerprint density at radius 3 is 2.83 bits per heavy atom. The standard InChI is InChI=1S/C16H14N4O2S/c21-23(22,14-4-2-6-17-10-14)20-8-5-15-13(11-20)9-12-3-1-7-18-16(12)19-15/h1-4,6-7,9-10H,5,8,11H2. The van der Waals surface area contributed by atoms with Crippen molar-refractivity contribution in [1.29, 1.82) is 0 Å². The molecular formula is C16H14N4O2S. The molecule has 0 saturated carbocycles. The third-order valence-electron chi connectivity index (χ3n) is 3.98. The van der Waals surface area contributed by atoms with Crippen molar-refractivity contribution < 1.29 is 8.42 Å². The lowest BCUT2D eigenvalue weighted by Crippen LogP contribution is -2.36. The predicted molar refractivity (Wildman–Crippen MR) is 85.1 cm³/mol. The Kier molecular flexibility index (Phi) is 3.32. The van der Waals surface area contributed by atoms with Crippen molar-refractivity contribution >= 4 is 21.1 Å². The van der Waals surface area contributed by atoms with Crippen LogP contribution in [0.1, 0.15) is 11.3 Å². The first-order valence-electron chi connectivity index (χ1n) is 7.28. The van der Waals surface area contributed by atoms with Crippen LogP contribution in [0, 0.1) is 0 Å². The molecule has 0 unspecified atom stereocenters. The van der Waals surface area contributed by atoms with Crippen LogP contribution in [0.25, 0.3) is 11.0 Å². The summed E-state index contributed by atoms with van der Waals surface area (Å²) in [5.41, 5.74) is 2.56. The zero-order valence-electron chi connectivity index (χ0n) is 12.3. The molecule has 1 aliphatic heterocycles. The number of aromatic nitrogens is 3. The smallest absolute Gasteiger partial charge is 0.244 e. The molecule has 0 bridgehead atoms. The van der Waals surface area contributed by atoms with Gasteiger partial charge in [-0.2, -0.15) is 4.31 Å². The fraction of sp³-hybridized carbons (Fsp3) is 0.188. The van der Waals surface area contributed by atoms with Crippen molar-refractivity contribution in [3.63, 3.8) is 0 Å². The minimum Gasteiger partial charge on any atom is -0.263 e. The van der Waals surface area contributed by atoms with E-state index >= 15 is 0 Å². The molecular weight excluding hydrogens is 312 g/mol. The molecule has 3 aromatic rings. The largest absolute Gasteiger partial charge is 0.263 e. The normalized spacial score (nSPS) is 15.5. The first-order chi connectivity index (χ1) is 11.1. The molecule has 0 fully saturated rings. The second-order valence-electron chi connectivity index (χ2n) is 5.42. The number of hydrogen-bond donors (Lipinski definition) is 0. The summed E-state index contributed by atoms with van der Waals surface area (Å²) in [6, 6.07) is 8.97. The molecule has 4 rings (SSSR count). The molecule has 0 N–H and O–H groups in total. The van der Waals surface area contributed by atoms with Crippen molar-refractivity contribution in [2.45, 2.75) is 17.9 Å². The van der Waals surface area contributed by atoms with Crippen LogP contribution in [-0.4, -0.2) is 34.2 Å². The molecule has 0 spiro atoms. The van der Waals surface area contributed by atoms with Crippen LogP contribution in [-0.2, 0) is 23.0 Å². The molecule has 116 valence electrons. The van der Waals surface area contributed by atoms with Gasteiger partial charge in [-0.05, 0) is 35.9 Å². The van der Waals surface area contributed by atoms with Crippen molar-refractivity contribution in [1.82, 2.24) is 19.3 Å². The Morgan fingerprint density at radius 2 is 2.00 bits per heavy atom. The van der Waals surface area contributed by atoms with Crippen molar-refractivity contribution in [2.24, 2.45) is 0 Å². The molecule has 0 amide bonds. The Labute approximate surface area is 133 Å². The topological polar surface area (TPSA) is 76.1 Å². The predicted octanol–water partition coefficient (Wildman–Crippen LogP) is 1.77. The molecule has 0 aliphatic carbocycles. The molecule has 6 nitrogen and oxygen atoms in total. The molecule has 0 aromatic carbocycles. The third-order valence-corrected chi connectivity index (χ3v) is 5.80. The van der Waals surface area contributed by atoms with Gasteiger partial charge in [-0.1, -0.05) is 0 Å². The van der Waals surface area contributed by atoms with Gasteiger partial charge in [0.25, 0.3) is 0 Å². The minimum absolute atomic E-state index is 0.221. The maximum absolute atomic E-state index is 12.7. The summed E-state index contributed by atoms with van der Waals surface area (Å²) in [7, 11) is -3.53. The lowest BCUT2D eigenvalue weighted by molar-refractivity contribution is 0.388. The number of nitrogens with zero attached hydrogens (tertiary/aromatic N) is 4. The van der Waals surface area contributed by atoms with E-state index in [1.54, 1.807) is 24.5 Å². The second kappa shape index (κ2) is 5.36. The zero-order valence-corrected chi connectivity index (χ0v) is 13.1. The molecule has 7 heteroatoms. The summed E-state index contributed by atoms with van der Waals surface area (Å²) in [4.78, 5) is 12.9. The van der Waals surface area contributed by atoms with Gasteiger partial charge in [0.05, 0.1) is 0 Å². The maximum Gasteiger partial charge on any atom is 0.244 e. The van der Waals surface area contributed by atoms with Gasteiger partial charge in [0.2, 0.25) is 10.0 Å². The number of pyridine rings is 3. The van der Waals surface area contributed by atoms with Crippen molar-refractivity contribution in [3.8, 4) is 0 Å². The number of hydrogen-bond acceptors (Lipinski definition) is 5. The Bertz CT molecular complexity index is 974. The van der Waals surface area contributed by atoms with Gasteiger partial charge in [0.15, 0.2) is 5.65 Å². The highest BCUT2D eigenvalue weighted by Crippen LogP contribution is 2.25. The van der Waals surface area contributed by atoms with Gasteiger partial charge < -0.3 is 0 Å². The molecule has 0 atom stereocenters. The van der Waals surface area contributed by atoms with Crippen LogP contribution in [0.2, 0.25) is 0 Å². The quantitative estimate of drug-likeness (QED) is 0.717. The van der Waals surface area contributed by atoms with Crippen molar-refractivity contribution in [2.75, 3.05) is 6.54 Å². The summed E-state index contributed by atoms with van der Waals surface area (Å²) < 4.78 is 26.9. The van der Waals surface area contributed by atoms with Gasteiger partial charge in [-0.3, -0.25) is 4.98 Å². The fourth-order valence-electron chi connectivity index (χ4n) is 2.79. The number of sulfonamides is 1. The molecule has 23 heavy (non-hydrogen) atoms. The van der Waals surface area contributed by atoms with Crippen molar-refractivity contribution in [3.05, 3.63) is 60.2 Å². The fourth-order valence-corrected chi connectivity index (χ4v) is 4.18. The average Bonchev–Trinajstić information content (AvgIpc) is 2.60. The van der Waals surface area contributed by atoms with E-state index in [0.29, 0.717) is 25.2 Å². The van der Waals surface area contributed by atoms with E-state index in [4.69, 9.17) is 0 Å². The molecule has 4 heterocycles. The zero-order chi connectivity index (χ0) is 15.9. The van der Waals surface area contributed by atoms with E-state index in [1.807, 2.05) is 18.2 Å². The van der Waals surface area contributed by atoms with Gasteiger partial charge in [-0.25, -0.2) is 18.4 Å². The Morgan fingerprint density at radius 1 is 1.13 bits per heavy atom. The first-order valence-corrected chi connectivity index (χ1v) is 8.72. The molecule has 0 saturated heterocycles. The van der Waals surface area contributed by atoms with E-state index in [0.717, 1.165) is 16.6 Å². The van der Waals surface area contributed by atoms with E-state index < -0.39 is 10.0 Å². The lowest BCUT2D eigenvalue weighted by atomic mass is 10.1. The summed E-state index contributed by atoms with van der Waals surface area (Å²) in [6.07, 6.45) is 5.24. The SMILES string of the molecule is O=S(=O)(c1cccnc1)N1CCc2nc3ncccc3cc2C1. The highest BCUT2D eigenvalue weighted by molar-refractivity contribution is 7.89. The minimum atomic E-state index is -3.53. The van der Waals surface area contributed by atoms with Crippen LogP contribution < -0.4 is 0 Å². The van der Waals surface area contributed by atoms with Crippen LogP contribution in [0.3, 0.4) is 0 Å². The highest BCUT2D eigenvalue weighted by atomic mass is 32.2. The van der Waals surface area contributed by atoms with E-state index in [2.05, 4.69) is 15.0 Å². The van der Waals surface area contributed by atoms with Gasteiger partial charge >= 0.3 is 0 Å². The highest BCUT2D eigenvalue weighted by Gasteiger charge is 2.29. The van der Waals surface area contributed by atoms with E-state index in [-0.39, 0.29) is 4.90 Å². The third kappa shape index (κ3) is 2.47. The number of rotatable bonds is 2. The lowest BCUT2D eigenvalue weighted by Gasteiger charge is -2.27. The summed E-state index contributed by atoms with van der Waals surface area (Å²) >= 11 is 0. The van der Waals surface area contributed by atoms with Gasteiger partial charge in [-0.15, -0.1) is 0 Å². The summed E-state index contributed by atoms with van der Waals surface area (Å²) in [5, 5.41) is 0.923. The summed E-state index contributed by atoms with van der Waals surface area (Å²) in [5.74, 6) is 0. The van der Waals surface area contributed by atoms with Crippen LogP contribution >= 0.6 is 0 Å². The summed E-state index contributed by atoms with van der Waals surface area (Å²) in [6.45, 7) is 0.736. The van der Waals surface area contributed by atoms with E-state index in [9.17, 15) is 8.42 Å². The Hall–Kier alpha value is -2.38. The van der Waals surface area contributed by atoms with Crippen LogP contribution in [0.4, 0.5) is 0 Å². The maximum atomic E-state index is 12.7. The van der Waals surface area contributed by atoms with Gasteiger partial charge in [0, 0.05) is 49.2 Å². The monoisotopic (exact) mass is 326 g/mol. The van der Waals surface area contributed by atoms with Gasteiger partial charge in [0.1, 0.15) is 4.90 Å². The molecule has 1 aliphatic rings. The average molecular weight is 326 g/mol. The van der Waals surface area contributed by atoms with Crippen LogP contribution in [0.15, 0.2) is 53.8 Å². The number of fused-ring (bicyclic) bond motifs is 2. The van der Waals surface area contributed by atoms with E-state index in [1.165, 1.54) is 10.5 Å².